The van der Waals surface area contributed by atoms with Gasteiger partial charge in [-0.3, -0.25) is 4.79 Å². The van der Waals surface area contributed by atoms with Crippen molar-refractivity contribution >= 4 is 0 Å². The van der Waals surface area contributed by atoms with Crippen LogP contribution in [-0.2, 0) is 0 Å². The molecule has 1 aromatic heterocycles. The minimum atomic E-state index is -0.483. The van der Waals surface area contributed by atoms with E-state index in [2.05, 4.69) is 4.98 Å². The van der Waals surface area contributed by atoms with E-state index in [1.807, 2.05) is 13.8 Å². The molecular weight excluding hydrogens is 244 g/mol. The normalized spacial score (nSPS) is 9.68. The van der Waals surface area contributed by atoms with Gasteiger partial charge >= 0.3 is 5.69 Å². The Morgan fingerprint density at radius 1 is 1.05 bits per heavy atom. The molecule has 2 N–H and O–H groups in total. The van der Waals surface area contributed by atoms with Crippen molar-refractivity contribution in [2.75, 3.05) is 0 Å². The summed E-state index contributed by atoms with van der Waals surface area (Å²) in [6.45, 7) is 7.34. The number of rotatable bonds is 1. The minimum absolute atomic E-state index is 0.0852. The first-order valence-corrected chi connectivity index (χ1v) is 6.12. The molecular formula is C14H18N2O3. The van der Waals surface area contributed by atoms with Crippen LogP contribution in [0.15, 0.2) is 33.9 Å². The summed E-state index contributed by atoms with van der Waals surface area (Å²) in [6, 6.07) is 5.88. The summed E-state index contributed by atoms with van der Waals surface area (Å²) < 4.78 is 1.04. The molecule has 0 aliphatic carbocycles. The van der Waals surface area contributed by atoms with Crippen LogP contribution >= 0.6 is 0 Å². The molecule has 0 saturated heterocycles. The van der Waals surface area contributed by atoms with Crippen molar-refractivity contribution in [2.24, 2.45) is 0 Å². The number of hydrogen-bond donors (Lipinski definition) is 2. The third-order valence-corrected chi connectivity index (χ3v) is 2.69. The van der Waals surface area contributed by atoms with Crippen molar-refractivity contribution in [3.05, 3.63) is 56.4 Å². The van der Waals surface area contributed by atoms with Gasteiger partial charge in [0.15, 0.2) is 0 Å². The Morgan fingerprint density at radius 2 is 1.58 bits per heavy atom. The Hall–Kier alpha value is -2.30. The molecule has 2 rings (SSSR count). The van der Waals surface area contributed by atoms with Gasteiger partial charge in [0.05, 0.1) is 5.69 Å². The zero-order chi connectivity index (χ0) is 14.6. The molecule has 0 radical (unpaired) electrons. The molecule has 0 amide bonds. The van der Waals surface area contributed by atoms with Crippen molar-refractivity contribution in [2.45, 2.75) is 27.7 Å². The predicted octanol–water partition coefficient (Wildman–Crippen LogP) is 1.87. The number of H-pyrrole nitrogens is 1. The van der Waals surface area contributed by atoms with Gasteiger partial charge in [0, 0.05) is 11.3 Å². The van der Waals surface area contributed by atoms with Gasteiger partial charge in [0.25, 0.3) is 5.56 Å². The fourth-order valence-electron chi connectivity index (χ4n) is 1.57. The van der Waals surface area contributed by atoms with Crippen molar-refractivity contribution < 1.29 is 5.11 Å². The molecule has 0 unspecified atom stereocenters. The van der Waals surface area contributed by atoms with Gasteiger partial charge in [-0.1, -0.05) is 13.8 Å². The quantitative estimate of drug-likeness (QED) is 0.824. The summed E-state index contributed by atoms with van der Waals surface area (Å²) in [6.07, 6.45) is 0. The highest BCUT2D eigenvalue weighted by Gasteiger charge is 2.09. The summed E-state index contributed by atoms with van der Waals surface area (Å²) in [5, 5.41) is 9.17. The third-order valence-electron chi connectivity index (χ3n) is 2.69. The highest BCUT2D eigenvalue weighted by Crippen LogP contribution is 2.11. The number of phenolic OH excluding ortho intramolecular Hbond substituents is 1. The summed E-state index contributed by atoms with van der Waals surface area (Å²) >= 11 is 0. The molecule has 102 valence electrons. The molecule has 0 atom stereocenters. The standard InChI is InChI=1S/C12H12N2O3.C2H6/c1-7-8(2)13-12(17)14(11(7)16)9-3-5-10(15)6-4-9;1-2/h3-6,15H,1-2H3,(H,13,17);1-2H3. The van der Waals surface area contributed by atoms with Gasteiger partial charge in [-0.05, 0) is 38.1 Å². The molecule has 0 saturated carbocycles. The molecule has 0 aliphatic rings. The predicted molar refractivity (Wildman–Crippen MR) is 75.1 cm³/mol. The van der Waals surface area contributed by atoms with Gasteiger partial charge in [-0.2, -0.15) is 0 Å². The number of nitrogens with zero attached hydrogens (tertiary/aromatic N) is 1. The minimum Gasteiger partial charge on any atom is -0.508 e. The van der Waals surface area contributed by atoms with E-state index in [9.17, 15) is 9.59 Å². The highest BCUT2D eigenvalue weighted by atomic mass is 16.3. The lowest BCUT2D eigenvalue weighted by atomic mass is 10.2. The van der Waals surface area contributed by atoms with E-state index in [0.717, 1.165) is 4.57 Å². The van der Waals surface area contributed by atoms with Crippen molar-refractivity contribution in [1.29, 1.82) is 0 Å². The van der Waals surface area contributed by atoms with Crippen LogP contribution in [0.5, 0.6) is 5.75 Å². The van der Waals surface area contributed by atoms with Crippen molar-refractivity contribution in [3.63, 3.8) is 0 Å². The lowest BCUT2D eigenvalue weighted by molar-refractivity contribution is 0.475. The Labute approximate surface area is 111 Å². The highest BCUT2D eigenvalue weighted by molar-refractivity contribution is 5.37. The van der Waals surface area contributed by atoms with Crippen LogP contribution in [0.25, 0.3) is 5.69 Å². The van der Waals surface area contributed by atoms with Crippen LogP contribution in [0.2, 0.25) is 0 Å². The van der Waals surface area contributed by atoms with Crippen LogP contribution in [0.3, 0.4) is 0 Å². The number of aryl methyl sites for hydroxylation is 1. The fraction of sp³-hybridized carbons (Fsp3) is 0.286. The van der Waals surface area contributed by atoms with Crippen molar-refractivity contribution in [1.82, 2.24) is 9.55 Å². The summed E-state index contributed by atoms with van der Waals surface area (Å²) in [7, 11) is 0. The second-order valence-electron chi connectivity index (χ2n) is 3.84. The molecule has 19 heavy (non-hydrogen) atoms. The molecule has 0 fully saturated rings. The molecule has 5 heteroatoms. The van der Waals surface area contributed by atoms with Crippen LogP contribution in [0.1, 0.15) is 25.1 Å². The van der Waals surface area contributed by atoms with Gasteiger partial charge in [0.1, 0.15) is 5.75 Å². The molecule has 0 aliphatic heterocycles. The number of phenols is 1. The summed E-state index contributed by atoms with van der Waals surface area (Å²) in [5.74, 6) is 0.0852. The van der Waals surface area contributed by atoms with Crippen LogP contribution in [0.4, 0.5) is 0 Å². The summed E-state index contributed by atoms with van der Waals surface area (Å²) in [4.78, 5) is 26.3. The number of aromatic amines is 1. The number of aromatic nitrogens is 2. The molecule has 1 aromatic carbocycles. The van der Waals surface area contributed by atoms with Crippen LogP contribution < -0.4 is 11.2 Å². The largest absolute Gasteiger partial charge is 0.508 e. The fourth-order valence-corrected chi connectivity index (χ4v) is 1.57. The Balaban J connectivity index is 0.000000861. The number of benzene rings is 1. The number of nitrogens with one attached hydrogen (secondary N) is 1. The monoisotopic (exact) mass is 262 g/mol. The zero-order valence-electron chi connectivity index (χ0n) is 11.5. The zero-order valence-corrected chi connectivity index (χ0v) is 11.5. The topological polar surface area (TPSA) is 75.1 Å². The van der Waals surface area contributed by atoms with Gasteiger partial charge in [-0.15, -0.1) is 0 Å². The van der Waals surface area contributed by atoms with Crippen LogP contribution in [-0.4, -0.2) is 14.7 Å². The molecule has 2 aromatic rings. The van der Waals surface area contributed by atoms with Gasteiger partial charge in [-0.25, -0.2) is 9.36 Å². The summed E-state index contributed by atoms with van der Waals surface area (Å²) in [5.41, 5.74) is 0.658. The maximum atomic E-state index is 12.0. The third kappa shape index (κ3) is 2.93. The van der Waals surface area contributed by atoms with Gasteiger partial charge < -0.3 is 10.1 Å². The van der Waals surface area contributed by atoms with E-state index in [1.165, 1.54) is 24.3 Å². The first kappa shape index (κ1) is 14.8. The smallest absolute Gasteiger partial charge is 0.333 e. The number of hydrogen-bond acceptors (Lipinski definition) is 3. The lowest BCUT2D eigenvalue weighted by Crippen LogP contribution is -2.35. The van der Waals surface area contributed by atoms with E-state index in [0.29, 0.717) is 16.9 Å². The molecule has 0 spiro atoms. The van der Waals surface area contributed by atoms with E-state index < -0.39 is 5.69 Å². The molecule has 0 bridgehead atoms. The van der Waals surface area contributed by atoms with E-state index in [1.54, 1.807) is 13.8 Å². The van der Waals surface area contributed by atoms with E-state index in [-0.39, 0.29) is 11.3 Å². The second kappa shape index (κ2) is 6.04. The SMILES string of the molecule is CC.Cc1[nH]c(=O)n(-c2ccc(O)cc2)c(=O)c1C. The maximum absolute atomic E-state index is 12.0. The van der Waals surface area contributed by atoms with E-state index in [4.69, 9.17) is 5.11 Å². The lowest BCUT2D eigenvalue weighted by Gasteiger charge is -2.07. The Morgan fingerprint density at radius 3 is 2.11 bits per heavy atom. The Bertz CT molecular complexity index is 667. The van der Waals surface area contributed by atoms with Gasteiger partial charge in [0.2, 0.25) is 0 Å². The average Bonchev–Trinajstić information content (AvgIpc) is 2.41. The van der Waals surface area contributed by atoms with E-state index >= 15 is 0 Å². The van der Waals surface area contributed by atoms with Crippen LogP contribution in [0, 0.1) is 13.8 Å². The number of aromatic hydroxyl groups is 1. The first-order chi connectivity index (χ1) is 9.00. The second-order valence-corrected chi connectivity index (χ2v) is 3.84. The Kier molecular flexibility index (Phi) is 4.69. The van der Waals surface area contributed by atoms with Crippen molar-refractivity contribution in [3.8, 4) is 11.4 Å². The molecule has 5 nitrogen and oxygen atoms in total. The maximum Gasteiger partial charge on any atom is 0.333 e. The molecule has 1 heterocycles. The first-order valence-electron chi connectivity index (χ1n) is 6.12. The average molecular weight is 262 g/mol.